The fourth-order valence-electron chi connectivity index (χ4n) is 3.71. The second-order valence-electron chi connectivity index (χ2n) is 8.30. The van der Waals surface area contributed by atoms with Crippen LogP contribution in [0.25, 0.3) is 17.2 Å². The summed E-state index contributed by atoms with van der Waals surface area (Å²) in [5.41, 5.74) is 0.661. The van der Waals surface area contributed by atoms with Crippen LogP contribution in [0.15, 0.2) is 30.3 Å². The van der Waals surface area contributed by atoms with E-state index in [4.69, 9.17) is 0 Å². The third-order valence-corrected chi connectivity index (χ3v) is 5.48. The van der Waals surface area contributed by atoms with Crippen molar-refractivity contribution in [2.24, 2.45) is 0 Å². The van der Waals surface area contributed by atoms with Crippen molar-refractivity contribution in [1.82, 2.24) is 40.0 Å². The maximum Gasteiger partial charge on any atom is 0.335 e. The molecule has 4 aromatic rings. The first-order valence-electron chi connectivity index (χ1n) is 11.1. The molecule has 0 fully saturated rings. The molecule has 1 aromatic carbocycles. The lowest BCUT2D eigenvalue weighted by Gasteiger charge is -2.08. The number of rotatable bonds is 10. The van der Waals surface area contributed by atoms with Crippen molar-refractivity contribution in [3.63, 3.8) is 0 Å². The minimum atomic E-state index is -0.704. The SMILES string of the molecule is CCCCc1nc(C(C)C)nn1Cc1ccc(-n2c([N+](=O)[O-])cc([N+](=O)[O-])c2-c2nnn[nH]2)cc1. The van der Waals surface area contributed by atoms with Crippen molar-refractivity contribution in [1.29, 1.82) is 0 Å². The molecule has 0 saturated heterocycles. The zero-order valence-electron chi connectivity index (χ0n) is 19.5. The summed E-state index contributed by atoms with van der Waals surface area (Å²) in [5, 5.41) is 41.1. The number of unbranched alkanes of at least 4 members (excludes halogenated alkanes) is 1. The van der Waals surface area contributed by atoms with Crippen LogP contribution < -0.4 is 0 Å². The molecule has 14 heteroatoms. The van der Waals surface area contributed by atoms with Gasteiger partial charge in [-0.05, 0) is 39.5 Å². The normalized spacial score (nSPS) is 11.3. The largest absolute Gasteiger partial charge is 0.358 e. The first kappa shape index (κ1) is 23.7. The van der Waals surface area contributed by atoms with Crippen molar-refractivity contribution < 1.29 is 9.85 Å². The average molecular weight is 480 g/mol. The van der Waals surface area contributed by atoms with Gasteiger partial charge in [-0.3, -0.25) is 10.1 Å². The quantitative estimate of drug-likeness (QED) is 0.262. The van der Waals surface area contributed by atoms with Gasteiger partial charge in [-0.25, -0.2) is 14.8 Å². The number of benzene rings is 1. The van der Waals surface area contributed by atoms with E-state index in [9.17, 15) is 20.2 Å². The van der Waals surface area contributed by atoms with Crippen molar-refractivity contribution in [2.75, 3.05) is 0 Å². The van der Waals surface area contributed by atoms with Gasteiger partial charge in [0.25, 0.3) is 5.69 Å². The Balaban J connectivity index is 1.72. The molecule has 0 amide bonds. The minimum Gasteiger partial charge on any atom is -0.358 e. The second-order valence-corrected chi connectivity index (χ2v) is 8.30. The van der Waals surface area contributed by atoms with E-state index >= 15 is 0 Å². The van der Waals surface area contributed by atoms with Gasteiger partial charge in [-0.15, -0.1) is 5.10 Å². The van der Waals surface area contributed by atoms with Crippen LogP contribution in [0.4, 0.5) is 11.5 Å². The Bertz CT molecular complexity index is 1340. The summed E-state index contributed by atoms with van der Waals surface area (Å²) >= 11 is 0. The van der Waals surface area contributed by atoms with E-state index in [1.165, 1.54) is 0 Å². The smallest absolute Gasteiger partial charge is 0.335 e. The van der Waals surface area contributed by atoms with Crippen LogP contribution in [-0.4, -0.2) is 49.8 Å². The number of H-pyrrole nitrogens is 1. The Morgan fingerprint density at radius 1 is 1.11 bits per heavy atom. The molecule has 0 radical (unpaired) electrons. The Labute approximate surface area is 199 Å². The zero-order valence-corrected chi connectivity index (χ0v) is 19.5. The highest BCUT2D eigenvalue weighted by Crippen LogP contribution is 2.37. The van der Waals surface area contributed by atoms with Gasteiger partial charge in [-0.1, -0.05) is 39.3 Å². The number of tetrazole rings is 1. The maximum absolute atomic E-state index is 11.7. The first-order valence-corrected chi connectivity index (χ1v) is 11.1. The molecule has 0 spiro atoms. The van der Waals surface area contributed by atoms with E-state index in [1.54, 1.807) is 24.3 Å². The van der Waals surface area contributed by atoms with Crippen molar-refractivity contribution in [3.05, 3.63) is 67.8 Å². The molecule has 0 atom stereocenters. The van der Waals surface area contributed by atoms with E-state index in [0.29, 0.717) is 12.2 Å². The highest BCUT2D eigenvalue weighted by molar-refractivity contribution is 5.72. The number of aryl methyl sites for hydroxylation is 1. The number of aromatic amines is 1. The van der Waals surface area contributed by atoms with Gasteiger partial charge in [0.1, 0.15) is 17.6 Å². The van der Waals surface area contributed by atoms with E-state index in [2.05, 4.69) is 37.6 Å². The second kappa shape index (κ2) is 9.79. The predicted molar refractivity (Wildman–Crippen MR) is 124 cm³/mol. The third kappa shape index (κ3) is 4.76. The maximum atomic E-state index is 11.7. The number of aromatic nitrogens is 8. The number of nitro groups is 2. The first-order chi connectivity index (χ1) is 16.8. The third-order valence-electron chi connectivity index (χ3n) is 5.48. The molecular weight excluding hydrogens is 456 g/mol. The summed E-state index contributed by atoms with van der Waals surface area (Å²) in [6.45, 7) is 6.69. The summed E-state index contributed by atoms with van der Waals surface area (Å²) in [4.78, 5) is 26.6. The van der Waals surface area contributed by atoms with E-state index in [-0.39, 0.29) is 17.4 Å². The molecule has 14 nitrogen and oxygen atoms in total. The molecule has 3 aromatic heterocycles. The number of nitrogens with zero attached hydrogens (tertiary/aromatic N) is 9. The van der Waals surface area contributed by atoms with Crippen LogP contribution in [0.2, 0.25) is 0 Å². The zero-order chi connectivity index (χ0) is 25.1. The highest BCUT2D eigenvalue weighted by Gasteiger charge is 2.35. The topological polar surface area (TPSA) is 176 Å². The summed E-state index contributed by atoms with van der Waals surface area (Å²) in [5.74, 6) is 1.37. The molecule has 0 unspecified atom stereocenters. The van der Waals surface area contributed by atoms with Gasteiger partial charge in [0.2, 0.25) is 5.82 Å². The molecule has 4 rings (SSSR count). The summed E-state index contributed by atoms with van der Waals surface area (Å²) in [6.07, 6.45) is 2.87. The monoisotopic (exact) mass is 480 g/mol. The molecule has 3 heterocycles. The van der Waals surface area contributed by atoms with Gasteiger partial charge in [0.15, 0.2) is 5.82 Å². The van der Waals surface area contributed by atoms with Crippen LogP contribution in [0, 0.1) is 20.2 Å². The lowest BCUT2D eigenvalue weighted by molar-refractivity contribution is -0.394. The Kier molecular flexibility index (Phi) is 6.62. The summed E-state index contributed by atoms with van der Waals surface area (Å²) in [6, 6.07) is 7.81. The van der Waals surface area contributed by atoms with Gasteiger partial charge in [0.05, 0.1) is 11.5 Å². The van der Waals surface area contributed by atoms with Crippen LogP contribution >= 0.6 is 0 Å². The summed E-state index contributed by atoms with van der Waals surface area (Å²) < 4.78 is 3.04. The number of hydrogen-bond acceptors (Lipinski definition) is 9. The highest BCUT2D eigenvalue weighted by atomic mass is 16.6. The molecular formula is C21H24N10O4. The molecule has 1 N–H and O–H groups in total. The molecule has 182 valence electrons. The Morgan fingerprint density at radius 3 is 2.43 bits per heavy atom. The number of nitrogens with one attached hydrogen (secondary N) is 1. The minimum absolute atomic E-state index is 0.0572. The summed E-state index contributed by atoms with van der Waals surface area (Å²) in [7, 11) is 0. The van der Waals surface area contributed by atoms with E-state index in [1.807, 2.05) is 18.5 Å². The molecule has 35 heavy (non-hydrogen) atoms. The van der Waals surface area contributed by atoms with Gasteiger partial charge >= 0.3 is 11.5 Å². The van der Waals surface area contributed by atoms with Crippen molar-refractivity contribution in [3.8, 4) is 17.2 Å². The Hall–Kier alpha value is -4.49. The van der Waals surface area contributed by atoms with E-state index < -0.39 is 21.4 Å². The van der Waals surface area contributed by atoms with Gasteiger partial charge in [-0.2, -0.15) is 9.67 Å². The fourth-order valence-corrected chi connectivity index (χ4v) is 3.71. The molecule has 0 bridgehead atoms. The van der Waals surface area contributed by atoms with Crippen LogP contribution in [0.3, 0.4) is 0 Å². The molecule has 0 aliphatic rings. The van der Waals surface area contributed by atoms with Crippen molar-refractivity contribution >= 4 is 11.5 Å². The molecule has 0 aliphatic heterocycles. The molecule has 0 aliphatic carbocycles. The van der Waals surface area contributed by atoms with Crippen LogP contribution in [0.5, 0.6) is 0 Å². The van der Waals surface area contributed by atoms with Gasteiger partial charge in [0, 0.05) is 12.3 Å². The standard InChI is InChI=1S/C21H24N10O4/c1-4-5-6-17-22-20(13(2)3)25-28(17)12-14-7-9-15(10-8-14)29-18(31(34)35)11-16(30(32)33)19(29)21-23-26-27-24-21/h7-11,13H,4-6,12H2,1-3H3,(H,23,24,26,27). The lowest BCUT2D eigenvalue weighted by Crippen LogP contribution is -2.08. The van der Waals surface area contributed by atoms with Crippen LogP contribution in [-0.2, 0) is 13.0 Å². The average Bonchev–Trinajstić information content (AvgIpc) is 3.56. The Morgan fingerprint density at radius 2 is 1.86 bits per heavy atom. The molecule has 0 saturated carbocycles. The van der Waals surface area contributed by atoms with Crippen molar-refractivity contribution in [2.45, 2.75) is 52.5 Å². The van der Waals surface area contributed by atoms with Gasteiger partial charge < -0.3 is 10.1 Å². The van der Waals surface area contributed by atoms with Crippen LogP contribution in [0.1, 0.15) is 56.7 Å². The van der Waals surface area contributed by atoms with E-state index in [0.717, 1.165) is 47.1 Å². The lowest BCUT2D eigenvalue weighted by atomic mass is 10.2. The number of hydrogen-bond donors (Lipinski definition) is 1. The fraction of sp³-hybridized carbons (Fsp3) is 0.381. The predicted octanol–water partition coefficient (Wildman–Crippen LogP) is 3.58.